The number of rotatable bonds is 8. The van der Waals surface area contributed by atoms with Crippen LogP contribution in [0.4, 0.5) is 5.69 Å². The first kappa shape index (κ1) is 25.5. The van der Waals surface area contributed by atoms with E-state index in [-0.39, 0.29) is 35.7 Å². The van der Waals surface area contributed by atoms with E-state index >= 15 is 0 Å². The number of amides is 2. The van der Waals surface area contributed by atoms with Crippen molar-refractivity contribution in [2.24, 2.45) is 0 Å². The van der Waals surface area contributed by atoms with E-state index < -0.39 is 0 Å². The predicted molar refractivity (Wildman–Crippen MR) is 145 cm³/mol. The van der Waals surface area contributed by atoms with Gasteiger partial charge in [0.1, 0.15) is 0 Å². The summed E-state index contributed by atoms with van der Waals surface area (Å²) < 4.78 is 1.56. The van der Waals surface area contributed by atoms with Gasteiger partial charge in [-0.15, -0.1) is 0 Å². The molecule has 0 spiro atoms. The molecule has 2 amide bonds. The van der Waals surface area contributed by atoms with Gasteiger partial charge in [0.25, 0.3) is 11.5 Å². The molecule has 4 aromatic rings. The molecule has 3 aromatic carbocycles. The number of anilines is 1. The number of aromatic nitrogens is 2. The molecule has 0 fully saturated rings. The summed E-state index contributed by atoms with van der Waals surface area (Å²) in [5.74, 6) is -0.328. The van der Waals surface area contributed by atoms with Crippen molar-refractivity contribution in [3.8, 4) is 0 Å². The van der Waals surface area contributed by atoms with Gasteiger partial charge in [-0.3, -0.25) is 19.0 Å². The molecular weight excluding hydrogens is 496 g/mol. The second-order valence-electron chi connectivity index (χ2n) is 8.48. The quantitative estimate of drug-likeness (QED) is 0.253. The number of para-hydroxylation sites is 1. The van der Waals surface area contributed by atoms with Gasteiger partial charge in [0.2, 0.25) is 5.91 Å². The van der Waals surface area contributed by atoms with Crippen LogP contribution in [-0.4, -0.2) is 33.2 Å². The van der Waals surface area contributed by atoms with Gasteiger partial charge in [0.05, 0.1) is 23.2 Å². The summed E-state index contributed by atoms with van der Waals surface area (Å²) in [5, 5.41) is 7.12. The first-order chi connectivity index (χ1) is 17.3. The minimum Gasteiger partial charge on any atom is -0.350 e. The Balaban J connectivity index is 1.57. The van der Waals surface area contributed by atoms with Crippen molar-refractivity contribution in [3.05, 3.63) is 99.3 Å². The largest absolute Gasteiger partial charge is 0.350 e. The number of nitrogens with zero attached hydrogens (tertiary/aromatic N) is 2. The Morgan fingerprint density at radius 3 is 2.50 bits per heavy atom. The fourth-order valence-corrected chi connectivity index (χ4v) is 4.57. The van der Waals surface area contributed by atoms with Gasteiger partial charge in [-0.2, -0.15) is 0 Å². The van der Waals surface area contributed by atoms with Crippen LogP contribution in [0.1, 0.15) is 29.8 Å². The van der Waals surface area contributed by atoms with Crippen molar-refractivity contribution in [2.75, 3.05) is 11.1 Å². The number of benzene rings is 3. The van der Waals surface area contributed by atoms with Crippen LogP contribution in [-0.2, 0) is 11.3 Å². The van der Waals surface area contributed by atoms with E-state index in [1.807, 2.05) is 32.0 Å². The molecule has 0 bridgehead atoms. The minimum atomic E-state index is -0.239. The highest BCUT2D eigenvalue weighted by atomic mass is 35.5. The molecule has 0 saturated carbocycles. The SMILES string of the molecule is CC(C)NC(=O)c1ccc(Cn2c(SCC(=O)Nc3cccc(Cl)c3)nc3ccccc3c2=O)cc1. The first-order valence-electron chi connectivity index (χ1n) is 11.4. The summed E-state index contributed by atoms with van der Waals surface area (Å²) in [6.07, 6.45) is 0. The second kappa shape index (κ2) is 11.4. The van der Waals surface area contributed by atoms with Gasteiger partial charge in [-0.05, 0) is 61.9 Å². The van der Waals surface area contributed by atoms with Crippen LogP contribution in [0, 0.1) is 0 Å². The highest BCUT2D eigenvalue weighted by Crippen LogP contribution is 2.21. The molecule has 0 aliphatic heterocycles. The lowest BCUT2D eigenvalue weighted by Gasteiger charge is -2.14. The van der Waals surface area contributed by atoms with E-state index in [2.05, 4.69) is 15.6 Å². The van der Waals surface area contributed by atoms with Crippen molar-refractivity contribution in [1.82, 2.24) is 14.9 Å². The van der Waals surface area contributed by atoms with Gasteiger partial charge in [-0.25, -0.2) is 4.98 Å². The molecule has 9 heteroatoms. The smallest absolute Gasteiger partial charge is 0.262 e. The van der Waals surface area contributed by atoms with Crippen LogP contribution < -0.4 is 16.2 Å². The molecule has 7 nitrogen and oxygen atoms in total. The maximum Gasteiger partial charge on any atom is 0.262 e. The minimum absolute atomic E-state index is 0.0371. The molecule has 0 saturated heterocycles. The molecule has 1 aromatic heterocycles. The Kier molecular flexibility index (Phi) is 8.07. The van der Waals surface area contributed by atoms with Crippen LogP contribution in [0.3, 0.4) is 0 Å². The van der Waals surface area contributed by atoms with Gasteiger partial charge in [0.15, 0.2) is 5.16 Å². The van der Waals surface area contributed by atoms with Crippen LogP contribution in [0.5, 0.6) is 0 Å². The molecule has 0 unspecified atom stereocenters. The van der Waals surface area contributed by atoms with Gasteiger partial charge < -0.3 is 10.6 Å². The highest BCUT2D eigenvalue weighted by molar-refractivity contribution is 7.99. The van der Waals surface area contributed by atoms with Crippen molar-refractivity contribution in [1.29, 1.82) is 0 Å². The van der Waals surface area contributed by atoms with E-state index in [0.29, 0.717) is 32.3 Å². The summed E-state index contributed by atoms with van der Waals surface area (Å²) in [4.78, 5) is 42.8. The molecule has 36 heavy (non-hydrogen) atoms. The lowest BCUT2D eigenvalue weighted by molar-refractivity contribution is -0.113. The average molecular weight is 521 g/mol. The van der Waals surface area contributed by atoms with Gasteiger partial charge in [-0.1, -0.05) is 53.7 Å². The number of carbonyl (C=O) groups excluding carboxylic acids is 2. The predicted octanol–water partition coefficient (Wildman–Crippen LogP) is 4.97. The maximum absolute atomic E-state index is 13.4. The summed E-state index contributed by atoms with van der Waals surface area (Å²) in [5.41, 5.74) is 2.35. The summed E-state index contributed by atoms with van der Waals surface area (Å²) in [6.45, 7) is 4.06. The van der Waals surface area contributed by atoms with Crippen LogP contribution >= 0.6 is 23.4 Å². The number of carbonyl (C=O) groups is 2. The number of hydrogen-bond acceptors (Lipinski definition) is 5. The number of fused-ring (bicyclic) bond motifs is 1. The Labute approximate surface area is 217 Å². The molecule has 0 radical (unpaired) electrons. The van der Waals surface area contributed by atoms with Crippen molar-refractivity contribution in [3.63, 3.8) is 0 Å². The van der Waals surface area contributed by atoms with E-state index in [1.165, 1.54) is 11.8 Å². The zero-order valence-corrected chi connectivity index (χ0v) is 21.4. The van der Waals surface area contributed by atoms with Crippen LogP contribution in [0.25, 0.3) is 10.9 Å². The Hall–Kier alpha value is -3.62. The number of halogens is 1. The molecule has 184 valence electrons. The van der Waals surface area contributed by atoms with E-state index in [9.17, 15) is 14.4 Å². The standard InChI is InChI=1S/C27H25ClN4O3S/c1-17(2)29-25(34)19-12-10-18(11-13-19)15-32-26(35)22-8-3-4-9-23(22)31-27(32)36-16-24(33)30-21-7-5-6-20(28)14-21/h3-14,17H,15-16H2,1-2H3,(H,29,34)(H,30,33). The molecule has 0 atom stereocenters. The Bertz CT molecular complexity index is 1470. The second-order valence-corrected chi connectivity index (χ2v) is 9.85. The van der Waals surface area contributed by atoms with Crippen molar-refractivity contribution >= 4 is 51.8 Å². The molecular formula is C27H25ClN4O3S. The molecule has 4 rings (SSSR count). The number of hydrogen-bond donors (Lipinski definition) is 2. The summed E-state index contributed by atoms with van der Waals surface area (Å²) in [7, 11) is 0. The third-order valence-corrected chi connectivity index (χ3v) is 6.46. The van der Waals surface area contributed by atoms with Crippen LogP contribution in [0.15, 0.2) is 82.7 Å². The fourth-order valence-electron chi connectivity index (χ4n) is 3.58. The zero-order chi connectivity index (χ0) is 25.7. The van der Waals surface area contributed by atoms with Gasteiger partial charge in [0, 0.05) is 22.3 Å². The van der Waals surface area contributed by atoms with E-state index in [1.54, 1.807) is 59.2 Å². The topological polar surface area (TPSA) is 93.1 Å². The third-order valence-electron chi connectivity index (χ3n) is 5.24. The normalized spacial score (nSPS) is 11.0. The molecule has 0 aliphatic rings. The fraction of sp³-hybridized carbons (Fsp3) is 0.185. The Morgan fingerprint density at radius 1 is 1.03 bits per heavy atom. The molecule has 2 N–H and O–H groups in total. The zero-order valence-electron chi connectivity index (χ0n) is 19.8. The number of thioether (sulfide) groups is 1. The monoisotopic (exact) mass is 520 g/mol. The van der Waals surface area contributed by atoms with Crippen molar-refractivity contribution < 1.29 is 9.59 Å². The maximum atomic E-state index is 13.4. The lowest BCUT2D eigenvalue weighted by atomic mass is 10.1. The lowest BCUT2D eigenvalue weighted by Crippen LogP contribution is -2.30. The van der Waals surface area contributed by atoms with E-state index in [0.717, 1.165) is 5.56 Å². The Morgan fingerprint density at radius 2 is 1.78 bits per heavy atom. The summed E-state index contributed by atoms with van der Waals surface area (Å²) in [6, 6.07) is 21.2. The average Bonchev–Trinajstić information content (AvgIpc) is 2.85. The van der Waals surface area contributed by atoms with Crippen LogP contribution in [0.2, 0.25) is 5.02 Å². The third kappa shape index (κ3) is 6.33. The van der Waals surface area contributed by atoms with E-state index in [4.69, 9.17) is 11.6 Å². The molecule has 1 heterocycles. The summed E-state index contributed by atoms with van der Waals surface area (Å²) >= 11 is 7.18. The number of nitrogens with one attached hydrogen (secondary N) is 2. The van der Waals surface area contributed by atoms with Crippen molar-refractivity contribution in [2.45, 2.75) is 31.6 Å². The highest BCUT2D eigenvalue weighted by Gasteiger charge is 2.15. The van der Waals surface area contributed by atoms with Gasteiger partial charge >= 0.3 is 0 Å². The molecule has 0 aliphatic carbocycles. The first-order valence-corrected chi connectivity index (χ1v) is 12.7.